The van der Waals surface area contributed by atoms with E-state index in [0.29, 0.717) is 29.2 Å². The van der Waals surface area contributed by atoms with Crippen molar-refractivity contribution in [3.8, 4) is 11.3 Å². The topological polar surface area (TPSA) is 163 Å². The molecule has 3 aliphatic rings. The summed E-state index contributed by atoms with van der Waals surface area (Å²) in [5.74, 6) is -0.0133. The Morgan fingerprint density at radius 3 is 2.44 bits per heavy atom. The largest absolute Gasteiger partial charge is 0.419 e. The number of hydrogen-bond donors (Lipinski definition) is 2. The van der Waals surface area contributed by atoms with Crippen molar-refractivity contribution in [1.82, 2.24) is 44.1 Å². The van der Waals surface area contributed by atoms with Crippen LogP contribution in [0.25, 0.3) is 22.2 Å². The number of nitrogens with one attached hydrogen (secondary N) is 2. The molecule has 3 saturated heterocycles. The van der Waals surface area contributed by atoms with Crippen LogP contribution in [-0.4, -0.2) is 104 Å². The Morgan fingerprint density at radius 2 is 1.73 bits per heavy atom. The maximum Gasteiger partial charge on any atom is 0.419 e. The number of carbonyl (C=O) groups excluding carboxylic acids is 2. The molecule has 0 spiro atoms. The van der Waals surface area contributed by atoms with Crippen LogP contribution in [0.3, 0.4) is 0 Å². The summed E-state index contributed by atoms with van der Waals surface area (Å²) in [4.78, 5) is 36.0. The fraction of sp³-hybridized carbons (Fsp3) is 0.450. The lowest BCUT2D eigenvalue weighted by atomic mass is 9.89. The number of aromatic nitrogens is 6. The number of benzene rings is 2. The molecule has 330 valence electrons. The molecule has 0 unspecified atom stereocenters. The molecule has 3 amide bonds. The molecule has 0 bridgehead atoms. The fourth-order valence-corrected chi connectivity index (χ4v) is 10.1. The number of rotatable bonds is 10. The van der Waals surface area contributed by atoms with Crippen molar-refractivity contribution < 1.29 is 44.3 Å². The number of alkyl halides is 6. The second-order valence-electron chi connectivity index (χ2n) is 16.1. The number of halogens is 6. The first-order valence-corrected chi connectivity index (χ1v) is 21.5. The van der Waals surface area contributed by atoms with Gasteiger partial charge in [-0.25, -0.2) is 23.2 Å². The summed E-state index contributed by atoms with van der Waals surface area (Å²) in [7, 11) is -2.09. The lowest BCUT2D eigenvalue weighted by Crippen LogP contribution is -2.49. The maximum atomic E-state index is 13.9. The summed E-state index contributed by atoms with van der Waals surface area (Å²) in [5.41, 5.74) is 0.759. The number of likely N-dealkylation sites (tertiary alicyclic amines) is 1. The van der Waals surface area contributed by atoms with E-state index in [9.17, 15) is 44.3 Å². The lowest BCUT2D eigenvalue weighted by Gasteiger charge is -2.36. The predicted molar refractivity (Wildman–Crippen MR) is 214 cm³/mol. The summed E-state index contributed by atoms with van der Waals surface area (Å²) in [6.45, 7) is 2.94. The van der Waals surface area contributed by atoms with E-state index in [1.165, 1.54) is 14.8 Å². The molecule has 6 heterocycles. The Bertz CT molecular complexity index is 2610. The van der Waals surface area contributed by atoms with Crippen molar-refractivity contribution in [1.29, 1.82) is 0 Å². The minimum atomic E-state index is -4.90. The Labute approximate surface area is 352 Å². The highest BCUT2D eigenvalue weighted by Gasteiger charge is 2.38. The van der Waals surface area contributed by atoms with E-state index < -0.39 is 52.3 Å². The highest BCUT2D eigenvalue weighted by molar-refractivity contribution is 7.89. The third-order valence-corrected chi connectivity index (χ3v) is 13.6. The number of fused-ring (bicyclic) bond motifs is 1. The number of anilines is 2. The fourth-order valence-electron chi connectivity index (χ4n) is 8.45. The molecule has 3 aliphatic heterocycles. The summed E-state index contributed by atoms with van der Waals surface area (Å²) in [6.07, 6.45) is -4.99. The van der Waals surface area contributed by atoms with E-state index in [1.54, 1.807) is 29.8 Å². The molecule has 2 atom stereocenters. The molecule has 5 aromatic rings. The van der Waals surface area contributed by atoms with Gasteiger partial charge in [0.1, 0.15) is 12.1 Å². The molecular weight excluding hydrogens is 845 g/mol. The summed E-state index contributed by atoms with van der Waals surface area (Å²) < 4.78 is 112. The standard InChI is InChI=1S/C40H43F6N11O4S/c1-24-20-56(14-10-32(24)49-37-47-19-31(40(44,45)46)35(51-37)28-18-48-55(22-28)23-39(41,42)43)62(60,61)29-5-3-4-25(16-29)21-54-12-8-26(9-13-54)27-6-7-30-33(17-27)53(2)52-36(30)57-15-11-34(58)50-38(57)59/h3-7,16-19,22,24,26,32H,8-15,20-21,23H2,1-2H3,(H,47,49,51)(H,50,58,59)/t24-,32+/m1/s1. The monoisotopic (exact) mass is 887 g/mol. The molecule has 3 aromatic heterocycles. The summed E-state index contributed by atoms with van der Waals surface area (Å²) >= 11 is 0. The van der Waals surface area contributed by atoms with Gasteiger partial charge in [-0.3, -0.25) is 29.3 Å². The van der Waals surface area contributed by atoms with Gasteiger partial charge in [-0.2, -0.15) is 40.8 Å². The van der Waals surface area contributed by atoms with Gasteiger partial charge >= 0.3 is 18.4 Å². The van der Waals surface area contributed by atoms with Gasteiger partial charge in [-0.05, 0) is 79.6 Å². The number of piperidine rings is 2. The van der Waals surface area contributed by atoms with Gasteiger partial charge in [-0.1, -0.05) is 25.1 Å². The molecule has 2 aromatic carbocycles. The number of aryl methyl sites for hydroxylation is 1. The van der Waals surface area contributed by atoms with Crippen LogP contribution in [0.5, 0.6) is 0 Å². The Hall–Kier alpha value is -5.61. The minimum absolute atomic E-state index is 0.107. The van der Waals surface area contributed by atoms with Crippen LogP contribution < -0.4 is 15.5 Å². The first-order chi connectivity index (χ1) is 29.3. The maximum absolute atomic E-state index is 13.9. The number of hydrogen-bond acceptors (Lipinski definition) is 10. The third-order valence-electron chi connectivity index (χ3n) is 11.7. The molecular formula is C40H43F6N11O4S. The van der Waals surface area contributed by atoms with E-state index in [2.05, 4.69) is 47.8 Å². The number of imide groups is 1. The van der Waals surface area contributed by atoms with Gasteiger partial charge in [0.15, 0.2) is 5.82 Å². The molecule has 62 heavy (non-hydrogen) atoms. The molecule has 0 saturated carbocycles. The number of sulfonamides is 1. The second kappa shape index (κ2) is 16.6. The number of urea groups is 1. The van der Waals surface area contributed by atoms with Crippen molar-refractivity contribution >= 4 is 44.6 Å². The Morgan fingerprint density at radius 1 is 0.952 bits per heavy atom. The quantitative estimate of drug-likeness (QED) is 0.156. The van der Waals surface area contributed by atoms with Crippen LogP contribution >= 0.6 is 0 Å². The van der Waals surface area contributed by atoms with Crippen molar-refractivity contribution in [2.24, 2.45) is 13.0 Å². The van der Waals surface area contributed by atoms with Crippen molar-refractivity contribution in [3.05, 3.63) is 77.7 Å². The average Bonchev–Trinajstić information content (AvgIpc) is 3.81. The van der Waals surface area contributed by atoms with Crippen LogP contribution in [0.1, 0.15) is 55.2 Å². The zero-order valence-electron chi connectivity index (χ0n) is 33.6. The second-order valence-corrected chi connectivity index (χ2v) is 18.0. The number of carbonyl (C=O) groups is 2. The lowest BCUT2D eigenvalue weighted by molar-refractivity contribution is -0.142. The Kier molecular flexibility index (Phi) is 11.5. The summed E-state index contributed by atoms with van der Waals surface area (Å²) in [6, 6.07) is 12.1. The van der Waals surface area contributed by atoms with Gasteiger partial charge in [0.05, 0.1) is 22.3 Å². The van der Waals surface area contributed by atoms with Crippen molar-refractivity contribution in [2.75, 3.05) is 42.9 Å². The molecule has 0 aliphatic carbocycles. The van der Waals surface area contributed by atoms with Gasteiger partial charge < -0.3 is 5.32 Å². The smallest absolute Gasteiger partial charge is 0.351 e. The van der Waals surface area contributed by atoms with E-state index in [0.717, 1.165) is 54.8 Å². The van der Waals surface area contributed by atoms with Gasteiger partial charge in [0.2, 0.25) is 21.9 Å². The van der Waals surface area contributed by atoms with E-state index >= 15 is 0 Å². The number of amides is 3. The zero-order valence-corrected chi connectivity index (χ0v) is 34.4. The minimum Gasteiger partial charge on any atom is -0.351 e. The summed E-state index contributed by atoms with van der Waals surface area (Å²) in [5, 5.41) is 14.3. The average molecular weight is 888 g/mol. The van der Waals surface area contributed by atoms with Crippen LogP contribution in [-0.2, 0) is 41.1 Å². The van der Waals surface area contributed by atoms with Crippen LogP contribution in [0.15, 0.2) is 66.0 Å². The SMILES string of the molecule is C[C@@H]1CN(S(=O)(=O)c2cccc(CN3CCC(c4ccc5c(N6CCC(=O)NC6=O)nn(C)c5c4)CC3)c2)CC[C@@H]1Nc1ncc(C(F)(F)F)c(-c2cnn(CC(F)(F)F)c2)n1. The number of nitrogens with zero attached hydrogens (tertiary/aromatic N) is 9. The van der Waals surface area contributed by atoms with Crippen LogP contribution in [0.4, 0.5) is 42.9 Å². The molecule has 0 radical (unpaired) electrons. The van der Waals surface area contributed by atoms with E-state index in [4.69, 9.17) is 0 Å². The van der Waals surface area contributed by atoms with Gasteiger partial charge in [-0.15, -0.1) is 0 Å². The van der Waals surface area contributed by atoms with Crippen LogP contribution in [0, 0.1) is 5.92 Å². The Balaban J connectivity index is 0.878. The highest BCUT2D eigenvalue weighted by atomic mass is 32.2. The molecule has 2 N–H and O–H groups in total. The van der Waals surface area contributed by atoms with E-state index in [-0.39, 0.29) is 60.7 Å². The van der Waals surface area contributed by atoms with Crippen molar-refractivity contribution in [2.45, 2.75) is 74.9 Å². The van der Waals surface area contributed by atoms with Crippen molar-refractivity contribution in [3.63, 3.8) is 0 Å². The van der Waals surface area contributed by atoms with Crippen LogP contribution in [0.2, 0.25) is 0 Å². The third kappa shape index (κ3) is 9.12. The highest BCUT2D eigenvalue weighted by Crippen LogP contribution is 2.38. The molecule has 8 rings (SSSR count). The molecule has 3 fully saturated rings. The predicted octanol–water partition coefficient (Wildman–Crippen LogP) is 6.15. The first kappa shape index (κ1) is 43.1. The normalized spacial score (nSPS) is 20.2. The van der Waals surface area contributed by atoms with Gasteiger partial charge in [0, 0.05) is 69.0 Å². The zero-order chi connectivity index (χ0) is 44.1. The van der Waals surface area contributed by atoms with E-state index in [1.807, 2.05) is 19.2 Å². The van der Waals surface area contributed by atoms with Gasteiger partial charge in [0.25, 0.3) is 0 Å². The molecule has 15 nitrogen and oxygen atoms in total. The first-order valence-electron chi connectivity index (χ1n) is 20.0. The molecule has 22 heteroatoms.